The molecule has 1 heterocycles. The van der Waals surface area contributed by atoms with E-state index in [1.807, 2.05) is 17.0 Å². The maximum absolute atomic E-state index is 11.7. The van der Waals surface area contributed by atoms with E-state index < -0.39 is 0 Å². The fourth-order valence-corrected chi connectivity index (χ4v) is 2.38. The monoisotopic (exact) mass is 203 g/mol. The van der Waals surface area contributed by atoms with Crippen LogP contribution in [0.15, 0.2) is 24.3 Å². The summed E-state index contributed by atoms with van der Waals surface area (Å²) in [5, 5.41) is 9.31. The maximum Gasteiger partial charge on any atom is 0.226 e. The Hall–Kier alpha value is -1.51. The summed E-state index contributed by atoms with van der Waals surface area (Å²) in [6, 6.07) is 7.12. The van der Waals surface area contributed by atoms with Crippen LogP contribution in [0.4, 0.5) is 0 Å². The van der Waals surface area contributed by atoms with Gasteiger partial charge in [0.15, 0.2) is 0 Å². The quantitative estimate of drug-likeness (QED) is 0.788. The van der Waals surface area contributed by atoms with Crippen molar-refractivity contribution in [1.82, 2.24) is 4.90 Å². The molecule has 1 aromatic carbocycles. The van der Waals surface area contributed by atoms with Crippen LogP contribution in [0.5, 0.6) is 5.75 Å². The molecule has 1 aromatic rings. The van der Waals surface area contributed by atoms with Crippen LogP contribution >= 0.6 is 0 Å². The van der Waals surface area contributed by atoms with E-state index in [0.717, 1.165) is 18.5 Å². The van der Waals surface area contributed by atoms with Gasteiger partial charge in [-0.15, -0.1) is 0 Å². The van der Waals surface area contributed by atoms with Gasteiger partial charge in [0.1, 0.15) is 5.75 Å². The predicted molar refractivity (Wildman–Crippen MR) is 55.1 cm³/mol. The van der Waals surface area contributed by atoms with Crippen LogP contribution in [0, 0.1) is 11.8 Å². The van der Waals surface area contributed by atoms with Crippen molar-refractivity contribution in [3.8, 4) is 5.75 Å². The van der Waals surface area contributed by atoms with E-state index >= 15 is 0 Å². The lowest BCUT2D eigenvalue weighted by Gasteiger charge is -2.18. The lowest BCUT2D eigenvalue weighted by molar-refractivity contribution is -0.130. The number of hydrogen-bond acceptors (Lipinski definition) is 2. The van der Waals surface area contributed by atoms with E-state index in [1.54, 1.807) is 12.1 Å². The summed E-state index contributed by atoms with van der Waals surface area (Å²) in [5.74, 6) is 1.50. The van der Waals surface area contributed by atoms with Crippen molar-refractivity contribution < 1.29 is 9.90 Å². The number of nitrogens with zero attached hydrogens (tertiary/aromatic N) is 1. The Bertz CT molecular complexity index is 416. The van der Waals surface area contributed by atoms with Crippen molar-refractivity contribution in [1.29, 1.82) is 0 Å². The number of amides is 1. The number of aromatic hydroxyl groups is 1. The summed E-state index contributed by atoms with van der Waals surface area (Å²) in [4.78, 5) is 13.6. The third-order valence-electron chi connectivity index (χ3n) is 3.29. The normalized spacial score (nSPS) is 28.0. The van der Waals surface area contributed by atoms with Crippen LogP contribution in [-0.2, 0) is 11.3 Å². The number of piperidine rings is 1. The van der Waals surface area contributed by atoms with E-state index in [4.69, 9.17) is 0 Å². The first kappa shape index (κ1) is 8.77. The Labute approximate surface area is 88.3 Å². The Balaban J connectivity index is 1.73. The molecule has 2 fully saturated rings. The second-order valence-corrected chi connectivity index (χ2v) is 4.49. The zero-order chi connectivity index (χ0) is 10.4. The molecule has 3 heteroatoms. The molecule has 1 aliphatic heterocycles. The minimum Gasteiger partial charge on any atom is -0.508 e. The molecular weight excluding hydrogens is 190 g/mol. The van der Waals surface area contributed by atoms with Crippen LogP contribution in [-0.4, -0.2) is 22.5 Å². The summed E-state index contributed by atoms with van der Waals surface area (Å²) in [6.45, 7) is 1.54. The van der Waals surface area contributed by atoms with E-state index in [0.29, 0.717) is 24.3 Å². The lowest BCUT2D eigenvalue weighted by Crippen LogP contribution is -2.27. The van der Waals surface area contributed by atoms with Gasteiger partial charge in [0.25, 0.3) is 0 Å². The van der Waals surface area contributed by atoms with Gasteiger partial charge in [-0.2, -0.15) is 0 Å². The minimum atomic E-state index is 0.268. The van der Waals surface area contributed by atoms with Crippen LogP contribution in [0.25, 0.3) is 0 Å². The van der Waals surface area contributed by atoms with Crippen LogP contribution in [0.3, 0.4) is 0 Å². The van der Waals surface area contributed by atoms with Crippen LogP contribution in [0.2, 0.25) is 0 Å². The van der Waals surface area contributed by atoms with Crippen molar-refractivity contribution in [3.63, 3.8) is 0 Å². The Morgan fingerprint density at radius 2 is 2.33 bits per heavy atom. The molecule has 78 valence electrons. The second kappa shape index (κ2) is 2.99. The highest BCUT2D eigenvalue weighted by molar-refractivity contribution is 5.84. The number of benzene rings is 1. The number of carbonyl (C=O) groups is 1. The van der Waals surface area contributed by atoms with Gasteiger partial charge >= 0.3 is 0 Å². The standard InChI is InChI=1S/C12H13NO2/c14-10-3-1-2-8(4-10)6-13-7-9-5-11(9)12(13)15/h1-4,9,11,14H,5-7H2. The molecule has 2 aliphatic rings. The van der Waals surface area contributed by atoms with Gasteiger partial charge in [0.05, 0.1) is 0 Å². The molecule has 15 heavy (non-hydrogen) atoms. The molecule has 1 saturated carbocycles. The second-order valence-electron chi connectivity index (χ2n) is 4.49. The maximum atomic E-state index is 11.7. The zero-order valence-corrected chi connectivity index (χ0v) is 8.39. The molecule has 0 spiro atoms. The van der Waals surface area contributed by atoms with E-state index in [-0.39, 0.29) is 5.75 Å². The highest BCUT2D eigenvalue weighted by Crippen LogP contribution is 2.46. The largest absolute Gasteiger partial charge is 0.508 e. The van der Waals surface area contributed by atoms with Gasteiger partial charge in [-0.3, -0.25) is 4.79 Å². The summed E-state index contributed by atoms with van der Waals surface area (Å²) in [5.41, 5.74) is 1.00. The Morgan fingerprint density at radius 1 is 1.47 bits per heavy atom. The van der Waals surface area contributed by atoms with Crippen LogP contribution < -0.4 is 0 Å². The molecule has 1 amide bonds. The molecule has 3 nitrogen and oxygen atoms in total. The van der Waals surface area contributed by atoms with Gasteiger partial charge in [-0.25, -0.2) is 0 Å². The Kier molecular flexibility index (Phi) is 1.75. The van der Waals surface area contributed by atoms with E-state index in [2.05, 4.69) is 0 Å². The first-order chi connectivity index (χ1) is 7.24. The lowest BCUT2D eigenvalue weighted by atomic mass is 10.2. The number of likely N-dealkylation sites (tertiary alicyclic amines) is 1. The van der Waals surface area contributed by atoms with Crippen molar-refractivity contribution in [3.05, 3.63) is 29.8 Å². The van der Waals surface area contributed by atoms with Gasteiger partial charge < -0.3 is 10.0 Å². The highest BCUT2D eigenvalue weighted by atomic mass is 16.3. The molecule has 0 bridgehead atoms. The van der Waals surface area contributed by atoms with Gasteiger partial charge in [-0.1, -0.05) is 12.1 Å². The average Bonchev–Trinajstić information content (AvgIpc) is 2.89. The Morgan fingerprint density at radius 3 is 3.00 bits per heavy atom. The molecular formula is C12H13NO2. The SMILES string of the molecule is O=C1C2CC2CN1Cc1cccc(O)c1. The molecule has 3 rings (SSSR count). The fourth-order valence-electron chi connectivity index (χ4n) is 2.38. The summed E-state index contributed by atoms with van der Waals surface area (Å²) in [6.07, 6.45) is 1.09. The van der Waals surface area contributed by atoms with Crippen LogP contribution in [0.1, 0.15) is 12.0 Å². The number of phenolic OH excluding ortho intramolecular Hbond substituents is 1. The van der Waals surface area contributed by atoms with Crippen molar-refractivity contribution in [2.45, 2.75) is 13.0 Å². The van der Waals surface area contributed by atoms with Crippen molar-refractivity contribution in [2.75, 3.05) is 6.54 Å². The third kappa shape index (κ3) is 1.48. The van der Waals surface area contributed by atoms with Crippen molar-refractivity contribution >= 4 is 5.91 Å². The highest BCUT2D eigenvalue weighted by Gasteiger charge is 2.51. The summed E-state index contributed by atoms with van der Waals surface area (Å²) >= 11 is 0. The smallest absolute Gasteiger partial charge is 0.226 e. The number of carbonyl (C=O) groups excluding carboxylic acids is 1. The average molecular weight is 203 g/mol. The van der Waals surface area contributed by atoms with Gasteiger partial charge in [0.2, 0.25) is 5.91 Å². The third-order valence-corrected chi connectivity index (χ3v) is 3.29. The zero-order valence-electron chi connectivity index (χ0n) is 8.39. The number of fused-ring (bicyclic) bond motifs is 1. The first-order valence-electron chi connectivity index (χ1n) is 5.31. The molecule has 1 aliphatic carbocycles. The number of hydrogen-bond donors (Lipinski definition) is 1. The van der Waals surface area contributed by atoms with E-state index in [9.17, 15) is 9.90 Å². The molecule has 0 aromatic heterocycles. The first-order valence-corrected chi connectivity index (χ1v) is 5.31. The van der Waals surface area contributed by atoms with Crippen molar-refractivity contribution in [2.24, 2.45) is 11.8 Å². The number of phenols is 1. The molecule has 0 radical (unpaired) electrons. The number of rotatable bonds is 2. The topological polar surface area (TPSA) is 40.5 Å². The van der Waals surface area contributed by atoms with Gasteiger partial charge in [0, 0.05) is 19.0 Å². The summed E-state index contributed by atoms with van der Waals surface area (Å²) < 4.78 is 0. The van der Waals surface area contributed by atoms with E-state index in [1.165, 1.54) is 0 Å². The minimum absolute atomic E-state index is 0.268. The predicted octanol–water partition coefficient (Wildman–Crippen LogP) is 1.37. The fraction of sp³-hybridized carbons (Fsp3) is 0.417. The molecule has 2 unspecified atom stereocenters. The molecule has 2 atom stereocenters. The molecule has 1 saturated heterocycles. The molecule has 1 N–H and O–H groups in total. The van der Waals surface area contributed by atoms with Gasteiger partial charge in [-0.05, 0) is 30.0 Å². The summed E-state index contributed by atoms with van der Waals surface area (Å²) in [7, 11) is 0.